The molecule has 0 radical (unpaired) electrons. The van der Waals surface area contributed by atoms with Crippen molar-refractivity contribution >= 4 is 28.5 Å². The molecular formula is C11H18N4O4S. The van der Waals surface area contributed by atoms with Crippen LogP contribution in [-0.4, -0.2) is 45.1 Å². The van der Waals surface area contributed by atoms with Crippen LogP contribution in [-0.2, 0) is 11.2 Å². The highest BCUT2D eigenvalue weighted by atomic mass is 32.1. The van der Waals surface area contributed by atoms with Gasteiger partial charge in [0.2, 0.25) is 5.13 Å². The van der Waals surface area contributed by atoms with Gasteiger partial charge in [-0.3, -0.25) is 5.32 Å². The van der Waals surface area contributed by atoms with E-state index in [0.717, 1.165) is 11.4 Å². The molecule has 9 heteroatoms. The second-order valence-electron chi connectivity index (χ2n) is 4.60. The number of aliphatic hydroxyl groups excluding tert-OH is 1. The Kier molecular flexibility index (Phi) is 6.32. The van der Waals surface area contributed by atoms with Gasteiger partial charge in [0.15, 0.2) is 0 Å². The van der Waals surface area contributed by atoms with E-state index in [1.165, 1.54) is 11.3 Å². The van der Waals surface area contributed by atoms with Crippen molar-refractivity contribution < 1.29 is 19.8 Å². The molecule has 0 fully saturated rings. The van der Waals surface area contributed by atoms with E-state index in [-0.39, 0.29) is 13.0 Å². The van der Waals surface area contributed by atoms with Crippen molar-refractivity contribution in [3.8, 4) is 0 Å². The lowest BCUT2D eigenvalue weighted by molar-refractivity contribution is -0.139. The molecule has 0 saturated heterocycles. The highest BCUT2D eigenvalue weighted by molar-refractivity contribution is 7.15. The van der Waals surface area contributed by atoms with E-state index in [1.54, 1.807) is 0 Å². The van der Waals surface area contributed by atoms with Crippen LogP contribution >= 0.6 is 11.3 Å². The number of nitrogens with one attached hydrogen (secondary N) is 2. The van der Waals surface area contributed by atoms with Gasteiger partial charge < -0.3 is 15.5 Å². The number of nitrogens with zero attached hydrogens (tertiary/aromatic N) is 2. The Labute approximate surface area is 120 Å². The minimum atomic E-state index is -1.20. The van der Waals surface area contributed by atoms with Crippen LogP contribution in [0.3, 0.4) is 0 Å². The molecule has 1 aromatic heterocycles. The van der Waals surface area contributed by atoms with E-state index in [2.05, 4.69) is 20.8 Å². The summed E-state index contributed by atoms with van der Waals surface area (Å²) in [4.78, 5) is 22.4. The second-order valence-corrected chi connectivity index (χ2v) is 5.66. The molecule has 0 aromatic carbocycles. The number of carbonyl (C=O) groups excluding carboxylic acids is 1. The Hall–Kier alpha value is -1.74. The second kappa shape index (κ2) is 7.75. The fourth-order valence-electron chi connectivity index (χ4n) is 1.41. The standard InChI is InChI=1S/C11H18N4O4S/c1-6(2)5-8-14-15-11(20-8)13-10(19)12-7(3-4-16)9(17)18/h6-7,16H,3-5H2,1-2H3,(H,17,18)(H2,12,13,15,19)/t7-/m0/s1. The maximum atomic E-state index is 11.6. The smallest absolute Gasteiger partial charge is 0.326 e. The van der Waals surface area contributed by atoms with E-state index in [9.17, 15) is 9.59 Å². The van der Waals surface area contributed by atoms with Crippen molar-refractivity contribution in [1.82, 2.24) is 15.5 Å². The van der Waals surface area contributed by atoms with E-state index < -0.39 is 18.0 Å². The third kappa shape index (κ3) is 5.49. The van der Waals surface area contributed by atoms with Crippen LogP contribution in [0.5, 0.6) is 0 Å². The molecule has 0 aliphatic rings. The zero-order valence-corrected chi connectivity index (χ0v) is 12.1. The minimum absolute atomic E-state index is 0.0581. The van der Waals surface area contributed by atoms with Crippen molar-refractivity contribution in [2.45, 2.75) is 32.7 Å². The molecule has 0 saturated carbocycles. The van der Waals surface area contributed by atoms with Gasteiger partial charge in [0.25, 0.3) is 0 Å². The van der Waals surface area contributed by atoms with Gasteiger partial charge in [-0.15, -0.1) is 10.2 Å². The zero-order chi connectivity index (χ0) is 15.1. The summed E-state index contributed by atoms with van der Waals surface area (Å²) in [6, 6.07) is -1.82. The number of rotatable bonds is 7. The lowest BCUT2D eigenvalue weighted by atomic mass is 10.1. The SMILES string of the molecule is CC(C)Cc1nnc(NC(=O)N[C@@H](CCO)C(=O)O)s1. The number of urea groups is 1. The van der Waals surface area contributed by atoms with Crippen LogP contribution in [0.2, 0.25) is 0 Å². The third-order valence-electron chi connectivity index (χ3n) is 2.29. The number of carbonyl (C=O) groups is 2. The largest absolute Gasteiger partial charge is 0.480 e. The lowest BCUT2D eigenvalue weighted by Crippen LogP contribution is -2.43. The highest BCUT2D eigenvalue weighted by Crippen LogP contribution is 2.18. The van der Waals surface area contributed by atoms with Crippen LogP contribution in [0.1, 0.15) is 25.3 Å². The number of anilines is 1. The summed E-state index contributed by atoms with van der Waals surface area (Å²) < 4.78 is 0. The van der Waals surface area contributed by atoms with Gasteiger partial charge >= 0.3 is 12.0 Å². The average Bonchev–Trinajstić information content (AvgIpc) is 2.74. The molecule has 0 bridgehead atoms. The number of aliphatic carboxylic acids is 1. The fraction of sp³-hybridized carbons (Fsp3) is 0.636. The van der Waals surface area contributed by atoms with Crippen LogP contribution in [0.15, 0.2) is 0 Å². The fourth-order valence-corrected chi connectivity index (χ4v) is 2.36. The van der Waals surface area contributed by atoms with E-state index in [0.29, 0.717) is 11.0 Å². The maximum Gasteiger partial charge on any atom is 0.326 e. The van der Waals surface area contributed by atoms with Crippen LogP contribution in [0.25, 0.3) is 0 Å². The Bertz CT molecular complexity index is 463. The van der Waals surface area contributed by atoms with Gasteiger partial charge in [-0.05, 0) is 5.92 Å². The number of aromatic nitrogens is 2. The molecule has 1 aromatic rings. The molecule has 0 unspecified atom stereocenters. The normalized spacial score (nSPS) is 12.2. The topological polar surface area (TPSA) is 124 Å². The van der Waals surface area contributed by atoms with Crippen molar-refractivity contribution in [2.24, 2.45) is 5.92 Å². The molecule has 0 aliphatic carbocycles. The monoisotopic (exact) mass is 302 g/mol. The molecule has 2 amide bonds. The van der Waals surface area contributed by atoms with Crippen molar-refractivity contribution in [2.75, 3.05) is 11.9 Å². The van der Waals surface area contributed by atoms with Gasteiger partial charge in [0, 0.05) is 19.4 Å². The first-order chi connectivity index (χ1) is 9.42. The van der Waals surface area contributed by atoms with Crippen molar-refractivity contribution in [1.29, 1.82) is 0 Å². The number of hydrogen-bond donors (Lipinski definition) is 4. The van der Waals surface area contributed by atoms with Gasteiger partial charge in [-0.2, -0.15) is 0 Å². The molecule has 1 rings (SSSR count). The van der Waals surface area contributed by atoms with Crippen LogP contribution < -0.4 is 10.6 Å². The quantitative estimate of drug-likeness (QED) is 0.587. The predicted molar refractivity (Wildman–Crippen MR) is 73.7 cm³/mol. The van der Waals surface area contributed by atoms with E-state index >= 15 is 0 Å². The van der Waals surface area contributed by atoms with Crippen LogP contribution in [0.4, 0.5) is 9.93 Å². The summed E-state index contributed by atoms with van der Waals surface area (Å²) in [6.45, 7) is 3.77. The first-order valence-electron chi connectivity index (χ1n) is 6.16. The molecule has 1 heterocycles. The molecule has 20 heavy (non-hydrogen) atoms. The maximum absolute atomic E-state index is 11.6. The molecule has 8 nitrogen and oxygen atoms in total. The van der Waals surface area contributed by atoms with Gasteiger partial charge in [-0.1, -0.05) is 25.2 Å². The van der Waals surface area contributed by atoms with Gasteiger partial charge in [0.1, 0.15) is 11.0 Å². The van der Waals surface area contributed by atoms with E-state index in [1.807, 2.05) is 13.8 Å². The van der Waals surface area contributed by atoms with Crippen LogP contribution in [0, 0.1) is 5.92 Å². The summed E-state index contributed by atoms with van der Waals surface area (Å²) >= 11 is 1.25. The summed E-state index contributed by atoms with van der Waals surface area (Å²) in [5.41, 5.74) is 0. The highest BCUT2D eigenvalue weighted by Gasteiger charge is 2.19. The molecule has 0 spiro atoms. The average molecular weight is 302 g/mol. The molecule has 4 N–H and O–H groups in total. The first kappa shape index (κ1) is 16.3. The lowest BCUT2D eigenvalue weighted by Gasteiger charge is -2.12. The Morgan fingerprint density at radius 2 is 2.05 bits per heavy atom. The zero-order valence-electron chi connectivity index (χ0n) is 11.3. The Balaban J connectivity index is 2.52. The van der Waals surface area contributed by atoms with Gasteiger partial charge in [-0.25, -0.2) is 9.59 Å². The number of carboxylic acid groups (broad SMARTS) is 1. The predicted octanol–water partition coefficient (Wildman–Crippen LogP) is 0.694. The molecule has 0 aliphatic heterocycles. The Morgan fingerprint density at radius 1 is 1.35 bits per heavy atom. The molecular weight excluding hydrogens is 284 g/mol. The molecule has 1 atom stereocenters. The number of aliphatic hydroxyl groups is 1. The van der Waals surface area contributed by atoms with E-state index in [4.69, 9.17) is 10.2 Å². The summed E-state index contributed by atoms with van der Waals surface area (Å²) in [5, 5.41) is 31.1. The molecule has 112 valence electrons. The third-order valence-corrected chi connectivity index (χ3v) is 3.15. The number of amides is 2. The van der Waals surface area contributed by atoms with Crippen molar-refractivity contribution in [3.05, 3.63) is 5.01 Å². The number of hydrogen-bond acceptors (Lipinski definition) is 6. The number of carboxylic acids is 1. The van der Waals surface area contributed by atoms with Crippen molar-refractivity contribution in [3.63, 3.8) is 0 Å². The minimum Gasteiger partial charge on any atom is -0.480 e. The summed E-state index contributed by atoms with van der Waals surface area (Å²) in [6.07, 6.45) is 0.709. The first-order valence-corrected chi connectivity index (χ1v) is 6.97. The van der Waals surface area contributed by atoms with Gasteiger partial charge in [0.05, 0.1) is 0 Å². The summed E-state index contributed by atoms with van der Waals surface area (Å²) in [7, 11) is 0. The Morgan fingerprint density at radius 3 is 2.60 bits per heavy atom. The summed E-state index contributed by atoms with van der Waals surface area (Å²) in [5.74, 6) is -0.766.